The molecule has 11 heteroatoms. The van der Waals surface area contributed by atoms with Gasteiger partial charge in [-0.1, -0.05) is 60.7 Å². The normalized spacial score (nSPS) is 11.9. The number of esters is 1. The first kappa shape index (κ1) is 27.7. The highest BCUT2D eigenvalue weighted by Crippen LogP contribution is 2.25. The Labute approximate surface area is 230 Å². The van der Waals surface area contributed by atoms with E-state index >= 15 is 0 Å². The summed E-state index contributed by atoms with van der Waals surface area (Å²) < 4.78 is 28.4. The molecule has 0 spiro atoms. The quantitative estimate of drug-likeness (QED) is 0.163. The molecule has 4 aromatic rings. The van der Waals surface area contributed by atoms with Crippen molar-refractivity contribution in [1.29, 1.82) is 5.41 Å². The van der Waals surface area contributed by atoms with Crippen LogP contribution in [0.2, 0.25) is 0 Å². The van der Waals surface area contributed by atoms with Gasteiger partial charge in [0.1, 0.15) is 5.82 Å². The summed E-state index contributed by atoms with van der Waals surface area (Å²) in [5, 5.41) is 19.2. The van der Waals surface area contributed by atoms with E-state index in [-0.39, 0.29) is 35.1 Å². The average Bonchev–Trinajstić information content (AvgIpc) is 3.40. The molecular weight excluding hydrogens is 534 g/mol. The molecule has 0 bridgehead atoms. The number of allylic oxidation sites excluding steroid dienone is 1. The molecule has 0 aliphatic heterocycles. The maximum atomic E-state index is 12.0. The summed E-state index contributed by atoms with van der Waals surface area (Å²) in [7, 11) is -3.84. The molecule has 0 saturated carbocycles. The second kappa shape index (κ2) is 12.0. The summed E-state index contributed by atoms with van der Waals surface area (Å²) in [4.78, 5) is 16.3. The van der Waals surface area contributed by atoms with Crippen molar-refractivity contribution in [2.75, 3.05) is 11.9 Å². The lowest BCUT2D eigenvalue weighted by molar-refractivity contribution is 0.0520. The van der Waals surface area contributed by atoms with E-state index in [1.807, 2.05) is 54.6 Å². The first-order valence-electron chi connectivity index (χ1n) is 11.9. The Balaban J connectivity index is 1.70. The highest BCUT2D eigenvalue weighted by molar-refractivity contribution is 7.89. The van der Waals surface area contributed by atoms with Gasteiger partial charge in [-0.05, 0) is 41.8 Å². The molecule has 0 aliphatic rings. The molecule has 0 radical (unpaired) electrons. The third-order valence-corrected chi connectivity index (χ3v) is 7.44. The molecule has 1 heterocycles. The van der Waals surface area contributed by atoms with Gasteiger partial charge in [-0.15, -0.1) is 11.3 Å². The number of nitrogens with two attached hydrogens (primary N) is 2. The molecule has 0 aliphatic carbocycles. The monoisotopic (exact) mass is 561 g/mol. The molecule has 3 aromatic carbocycles. The van der Waals surface area contributed by atoms with E-state index in [1.54, 1.807) is 24.4 Å². The number of primary sulfonamides is 1. The highest BCUT2D eigenvalue weighted by Gasteiger charge is 2.18. The molecular formula is C28H27N5O4S2. The smallest absolute Gasteiger partial charge is 0.357 e. The van der Waals surface area contributed by atoms with Gasteiger partial charge < -0.3 is 15.8 Å². The van der Waals surface area contributed by atoms with Crippen LogP contribution in [0.1, 0.15) is 28.5 Å². The van der Waals surface area contributed by atoms with E-state index in [0.717, 1.165) is 16.7 Å². The Kier molecular flexibility index (Phi) is 8.55. The van der Waals surface area contributed by atoms with Crippen LogP contribution >= 0.6 is 11.3 Å². The lowest BCUT2D eigenvalue weighted by Gasteiger charge is -2.16. The third-order valence-electron chi connectivity index (χ3n) is 5.75. The number of aromatic nitrogens is 1. The topological polar surface area (TPSA) is 161 Å². The van der Waals surface area contributed by atoms with Gasteiger partial charge >= 0.3 is 5.97 Å². The van der Waals surface area contributed by atoms with E-state index in [1.165, 1.54) is 23.5 Å². The zero-order valence-electron chi connectivity index (χ0n) is 21.0. The van der Waals surface area contributed by atoms with Crippen LogP contribution in [0.5, 0.6) is 0 Å². The van der Waals surface area contributed by atoms with E-state index in [4.69, 9.17) is 21.0 Å². The van der Waals surface area contributed by atoms with Gasteiger partial charge in [-0.25, -0.2) is 23.3 Å². The van der Waals surface area contributed by atoms with Crippen LogP contribution in [0.3, 0.4) is 0 Å². The van der Waals surface area contributed by atoms with E-state index in [2.05, 4.69) is 10.3 Å². The second-order valence-electron chi connectivity index (χ2n) is 8.46. The van der Waals surface area contributed by atoms with Gasteiger partial charge in [-0.2, -0.15) is 0 Å². The Hall–Kier alpha value is -4.32. The van der Waals surface area contributed by atoms with E-state index in [0.29, 0.717) is 16.3 Å². The predicted octanol–water partition coefficient (Wildman–Crippen LogP) is 4.53. The fourth-order valence-corrected chi connectivity index (χ4v) is 5.01. The van der Waals surface area contributed by atoms with Crippen molar-refractivity contribution in [2.24, 2.45) is 10.9 Å². The predicted molar refractivity (Wildman–Crippen MR) is 153 cm³/mol. The lowest BCUT2D eigenvalue weighted by Crippen LogP contribution is -2.20. The minimum Gasteiger partial charge on any atom is -0.461 e. The largest absolute Gasteiger partial charge is 0.461 e. The number of anilines is 1. The van der Waals surface area contributed by atoms with Crippen molar-refractivity contribution >= 4 is 38.2 Å². The van der Waals surface area contributed by atoms with Crippen molar-refractivity contribution < 1.29 is 17.9 Å². The fraction of sp³-hybridized carbons (Fsp3) is 0.107. The van der Waals surface area contributed by atoms with Crippen LogP contribution < -0.4 is 16.2 Å². The summed E-state index contributed by atoms with van der Waals surface area (Å²) in [5.41, 5.74) is 10.6. The molecule has 200 valence electrons. The lowest BCUT2D eigenvalue weighted by atomic mass is 9.94. The van der Waals surface area contributed by atoms with Crippen LogP contribution in [-0.4, -0.2) is 31.7 Å². The Bertz CT molecular complexity index is 1630. The molecule has 0 amide bonds. The maximum absolute atomic E-state index is 12.0. The molecule has 0 fully saturated rings. The summed E-state index contributed by atoms with van der Waals surface area (Å²) in [6, 6.07) is 23.5. The van der Waals surface area contributed by atoms with Gasteiger partial charge in [-0.3, -0.25) is 5.41 Å². The summed E-state index contributed by atoms with van der Waals surface area (Å²) in [5.74, 6) is -0.365. The molecule has 0 unspecified atom stereocenters. The highest BCUT2D eigenvalue weighted by atomic mass is 32.2. The Morgan fingerprint density at radius 3 is 2.38 bits per heavy atom. The Morgan fingerprint density at radius 2 is 1.72 bits per heavy atom. The van der Waals surface area contributed by atoms with Crippen molar-refractivity contribution in [3.63, 3.8) is 0 Å². The van der Waals surface area contributed by atoms with E-state index in [9.17, 15) is 13.2 Å². The molecule has 4 rings (SSSR count). The average molecular weight is 562 g/mol. The zero-order valence-corrected chi connectivity index (χ0v) is 22.7. The van der Waals surface area contributed by atoms with Crippen LogP contribution in [0, 0.1) is 5.41 Å². The molecule has 0 atom stereocenters. The molecule has 9 nitrogen and oxygen atoms in total. The molecule has 0 saturated heterocycles. The number of carbonyl (C=O) groups excluding carboxylic acids is 1. The number of nitrogens with zero attached hydrogens (tertiary/aromatic N) is 1. The van der Waals surface area contributed by atoms with Gasteiger partial charge in [0.15, 0.2) is 10.8 Å². The Morgan fingerprint density at radius 1 is 1.03 bits per heavy atom. The maximum Gasteiger partial charge on any atom is 0.357 e. The standard InChI is InChI=1S/C28H27N5O4S2/c1-2-37-27(34)24-17-38-28(32-24)33-26(30)23(15-18-11-13-22(14-12-18)39(31,35)36)25(29)21-10-6-9-20(16-21)19-7-4-3-5-8-19/h3-14,16-17,29H,2,15,30H2,1H3,(H,32,33)(H2,31,35,36)/b26-23-,29-25?. The summed E-state index contributed by atoms with van der Waals surface area (Å²) in [6.45, 7) is 1.94. The van der Waals surface area contributed by atoms with E-state index < -0.39 is 16.0 Å². The van der Waals surface area contributed by atoms with Crippen LogP contribution in [-0.2, 0) is 21.2 Å². The van der Waals surface area contributed by atoms with Crippen molar-refractivity contribution in [1.82, 2.24) is 4.98 Å². The first-order chi connectivity index (χ1) is 18.7. The summed E-state index contributed by atoms with van der Waals surface area (Å²) in [6.07, 6.45) is 0.217. The molecule has 1 aromatic heterocycles. The fourth-order valence-electron chi connectivity index (χ4n) is 3.80. The number of thiazole rings is 1. The molecule has 39 heavy (non-hydrogen) atoms. The van der Waals surface area contributed by atoms with Gasteiger partial charge in [0.25, 0.3) is 0 Å². The summed E-state index contributed by atoms with van der Waals surface area (Å²) >= 11 is 1.18. The number of sulfonamides is 1. The number of ether oxygens (including phenoxy) is 1. The number of rotatable bonds is 10. The van der Waals surface area contributed by atoms with Gasteiger partial charge in [0.05, 0.1) is 17.2 Å². The van der Waals surface area contributed by atoms with Gasteiger partial charge in [0.2, 0.25) is 10.0 Å². The van der Waals surface area contributed by atoms with Crippen molar-refractivity contribution in [3.8, 4) is 11.1 Å². The number of carbonyl (C=O) groups is 1. The number of benzene rings is 3. The minimum absolute atomic E-state index is 0.0113. The van der Waals surface area contributed by atoms with Gasteiger partial charge in [0, 0.05) is 22.9 Å². The number of hydrogen-bond donors (Lipinski definition) is 4. The number of nitrogens with one attached hydrogen (secondary N) is 2. The minimum atomic E-state index is -3.84. The third kappa shape index (κ3) is 6.96. The van der Waals surface area contributed by atoms with Crippen LogP contribution in [0.4, 0.5) is 5.13 Å². The van der Waals surface area contributed by atoms with Crippen molar-refractivity contribution in [2.45, 2.75) is 18.2 Å². The zero-order chi connectivity index (χ0) is 28.0. The molecule has 6 N–H and O–H groups in total. The second-order valence-corrected chi connectivity index (χ2v) is 10.9. The number of hydrogen-bond acceptors (Lipinski definition) is 9. The van der Waals surface area contributed by atoms with Crippen LogP contribution in [0.15, 0.2) is 101 Å². The van der Waals surface area contributed by atoms with Crippen LogP contribution in [0.25, 0.3) is 11.1 Å². The van der Waals surface area contributed by atoms with Crippen molar-refractivity contribution in [3.05, 3.63) is 112 Å². The first-order valence-corrected chi connectivity index (χ1v) is 14.3. The SMILES string of the molecule is CCOC(=O)c1csc(N/C(N)=C(/Cc2ccc(S(N)(=O)=O)cc2)C(=N)c2cccc(-c3ccccc3)c2)n1.